The summed E-state index contributed by atoms with van der Waals surface area (Å²) >= 11 is 3.30. The van der Waals surface area contributed by atoms with Gasteiger partial charge in [-0.25, -0.2) is 8.42 Å². The average molecular weight is 344 g/mol. The van der Waals surface area contributed by atoms with Crippen molar-refractivity contribution in [3.05, 3.63) is 46.7 Å². The van der Waals surface area contributed by atoms with Crippen LogP contribution in [0, 0.1) is 0 Å². The minimum absolute atomic E-state index is 0.200. The highest BCUT2D eigenvalue weighted by Crippen LogP contribution is 2.25. The van der Waals surface area contributed by atoms with E-state index in [4.69, 9.17) is 5.73 Å². The van der Waals surface area contributed by atoms with E-state index in [2.05, 4.69) is 20.7 Å². The van der Waals surface area contributed by atoms with E-state index in [1.165, 1.54) is 0 Å². The van der Waals surface area contributed by atoms with Crippen LogP contribution in [0.4, 0.5) is 5.69 Å². The van der Waals surface area contributed by atoms with Crippen molar-refractivity contribution in [2.24, 2.45) is 12.8 Å². The molecule has 0 saturated heterocycles. The van der Waals surface area contributed by atoms with Gasteiger partial charge in [0.05, 0.1) is 5.69 Å². The Morgan fingerprint density at radius 2 is 2.05 bits per heavy atom. The van der Waals surface area contributed by atoms with Crippen LogP contribution in [-0.2, 0) is 23.6 Å². The lowest BCUT2D eigenvalue weighted by molar-refractivity contribution is 0.601. The lowest BCUT2D eigenvalue weighted by Gasteiger charge is -2.07. The maximum Gasteiger partial charge on any atom is 0.263 e. The molecular weight excluding hydrogens is 330 g/mol. The molecule has 0 aliphatic rings. The van der Waals surface area contributed by atoms with Crippen LogP contribution in [0.15, 0.2) is 45.9 Å². The molecule has 0 bridgehead atoms. The van der Waals surface area contributed by atoms with Gasteiger partial charge in [-0.3, -0.25) is 4.72 Å². The van der Waals surface area contributed by atoms with Gasteiger partial charge in [0.2, 0.25) is 0 Å². The van der Waals surface area contributed by atoms with E-state index in [1.807, 2.05) is 6.07 Å². The molecule has 1 heterocycles. The van der Waals surface area contributed by atoms with Gasteiger partial charge in [0.15, 0.2) is 0 Å². The van der Waals surface area contributed by atoms with Gasteiger partial charge in [-0.15, -0.1) is 0 Å². The number of sulfonamides is 1. The van der Waals surface area contributed by atoms with Crippen LogP contribution in [-0.4, -0.2) is 13.0 Å². The molecule has 19 heavy (non-hydrogen) atoms. The number of para-hydroxylation sites is 1. The number of aryl methyl sites for hydroxylation is 1. The fourth-order valence-corrected chi connectivity index (χ4v) is 3.36. The highest BCUT2D eigenvalue weighted by atomic mass is 79.9. The van der Waals surface area contributed by atoms with Gasteiger partial charge in [0, 0.05) is 30.0 Å². The van der Waals surface area contributed by atoms with Crippen molar-refractivity contribution in [3.63, 3.8) is 0 Å². The van der Waals surface area contributed by atoms with Crippen molar-refractivity contribution < 1.29 is 8.42 Å². The molecule has 0 atom stereocenters. The summed E-state index contributed by atoms with van der Waals surface area (Å²) in [4.78, 5) is 0.200. The molecular formula is C12H14BrN3O2S. The molecule has 1 aromatic carbocycles. The molecule has 0 amide bonds. The van der Waals surface area contributed by atoms with E-state index in [0.29, 0.717) is 16.7 Å². The zero-order valence-corrected chi connectivity index (χ0v) is 12.7. The van der Waals surface area contributed by atoms with Crippen molar-refractivity contribution in [2.45, 2.75) is 11.4 Å². The molecule has 2 aromatic rings. The molecule has 0 saturated carbocycles. The summed E-state index contributed by atoms with van der Waals surface area (Å²) in [5, 5.41) is 0. The van der Waals surface area contributed by atoms with Crippen LogP contribution in [0.5, 0.6) is 0 Å². The van der Waals surface area contributed by atoms with Gasteiger partial charge in [-0.2, -0.15) is 0 Å². The first kappa shape index (κ1) is 14.1. The third-order valence-corrected chi connectivity index (χ3v) is 4.74. The summed E-state index contributed by atoms with van der Waals surface area (Å²) in [7, 11) is -1.84. The number of nitrogens with one attached hydrogen (secondary N) is 1. The molecule has 0 aliphatic carbocycles. The zero-order valence-electron chi connectivity index (χ0n) is 10.3. The Morgan fingerprint density at radius 1 is 1.37 bits per heavy atom. The summed E-state index contributed by atoms with van der Waals surface area (Å²) in [6.07, 6.45) is 1.54. The first-order valence-electron chi connectivity index (χ1n) is 5.56. The summed E-state index contributed by atoms with van der Waals surface area (Å²) in [6, 6.07) is 8.61. The number of nitrogens with zero attached hydrogens (tertiary/aromatic N) is 1. The second-order valence-electron chi connectivity index (χ2n) is 4.07. The molecule has 0 spiro atoms. The summed E-state index contributed by atoms with van der Waals surface area (Å²) in [5.41, 5.74) is 6.80. The average Bonchev–Trinajstić information content (AvgIpc) is 2.74. The van der Waals surface area contributed by atoms with Gasteiger partial charge in [0.1, 0.15) is 4.90 Å². The first-order valence-corrected chi connectivity index (χ1v) is 7.84. The maximum atomic E-state index is 12.2. The number of rotatable bonds is 4. The highest BCUT2D eigenvalue weighted by molar-refractivity contribution is 9.10. The van der Waals surface area contributed by atoms with Crippen molar-refractivity contribution in [1.29, 1.82) is 0 Å². The topological polar surface area (TPSA) is 77.1 Å². The van der Waals surface area contributed by atoms with Gasteiger partial charge < -0.3 is 10.3 Å². The van der Waals surface area contributed by atoms with Gasteiger partial charge >= 0.3 is 0 Å². The number of nitrogens with two attached hydrogens (primary N) is 1. The lowest BCUT2D eigenvalue weighted by Crippen LogP contribution is -2.12. The van der Waals surface area contributed by atoms with Gasteiger partial charge in [-0.05, 0) is 34.1 Å². The van der Waals surface area contributed by atoms with Crippen molar-refractivity contribution >= 4 is 31.6 Å². The number of aromatic nitrogens is 1. The van der Waals surface area contributed by atoms with Crippen LogP contribution >= 0.6 is 15.9 Å². The van der Waals surface area contributed by atoms with Crippen LogP contribution in [0.3, 0.4) is 0 Å². The Morgan fingerprint density at radius 3 is 2.63 bits per heavy atom. The monoisotopic (exact) mass is 343 g/mol. The Bertz CT molecular complexity index is 695. The molecule has 3 N–H and O–H groups in total. The second-order valence-corrected chi connectivity index (χ2v) is 6.60. The third kappa shape index (κ3) is 2.99. The molecule has 102 valence electrons. The molecule has 1 aromatic heterocycles. The minimum Gasteiger partial charge on any atom is -0.352 e. The van der Waals surface area contributed by atoms with Crippen LogP contribution < -0.4 is 10.5 Å². The van der Waals surface area contributed by atoms with E-state index in [9.17, 15) is 8.42 Å². The Balaban J connectivity index is 2.35. The Labute approximate surface area is 120 Å². The lowest BCUT2D eigenvalue weighted by atomic mass is 10.3. The van der Waals surface area contributed by atoms with E-state index in [-0.39, 0.29) is 4.90 Å². The number of benzene rings is 1. The van der Waals surface area contributed by atoms with Crippen molar-refractivity contribution in [2.75, 3.05) is 4.72 Å². The molecule has 5 nitrogen and oxygen atoms in total. The fourth-order valence-electron chi connectivity index (χ4n) is 1.67. The van der Waals surface area contributed by atoms with E-state index in [0.717, 1.165) is 5.69 Å². The quantitative estimate of drug-likeness (QED) is 0.891. The summed E-state index contributed by atoms with van der Waals surface area (Å²) in [5.74, 6) is 0. The minimum atomic E-state index is -3.60. The predicted molar refractivity (Wildman–Crippen MR) is 78.3 cm³/mol. The molecule has 0 aliphatic heterocycles. The number of halogens is 1. The predicted octanol–water partition coefficient (Wildman–Crippen LogP) is 2.05. The van der Waals surface area contributed by atoms with Gasteiger partial charge in [0.25, 0.3) is 10.0 Å². The molecule has 0 unspecified atom stereocenters. The third-order valence-electron chi connectivity index (χ3n) is 2.72. The first-order chi connectivity index (χ1) is 8.94. The van der Waals surface area contributed by atoms with Crippen molar-refractivity contribution in [3.8, 4) is 0 Å². The fraction of sp³-hybridized carbons (Fsp3) is 0.167. The largest absolute Gasteiger partial charge is 0.352 e. The van der Waals surface area contributed by atoms with Crippen LogP contribution in [0.25, 0.3) is 0 Å². The number of hydrogen-bond acceptors (Lipinski definition) is 3. The standard InChI is InChI=1S/C12H14BrN3O2S/c1-16-8-10(6-9(16)7-14)19(17,18)15-12-5-3-2-4-11(12)13/h2-6,8,15H,7,14H2,1H3. The molecule has 0 fully saturated rings. The second kappa shape index (κ2) is 5.36. The molecule has 0 radical (unpaired) electrons. The van der Waals surface area contributed by atoms with Gasteiger partial charge in [-0.1, -0.05) is 12.1 Å². The van der Waals surface area contributed by atoms with Crippen LogP contribution in [0.2, 0.25) is 0 Å². The summed E-state index contributed by atoms with van der Waals surface area (Å²) < 4.78 is 29.4. The molecule has 2 rings (SSSR count). The zero-order chi connectivity index (χ0) is 14.0. The van der Waals surface area contributed by atoms with E-state index in [1.54, 1.807) is 42.1 Å². The number of hydrogen-bond donors (Lipinski definition) is 2. The normalized spacial score (nSPS) is 11.5. The number of anilines is 1. The summed E-state index contributed by atoms with van der Waals surface area (Å²) in [6.45, 7) is 0.293. The Kier molecular flexibility index (Phi) is 3.98. The Hall–Kier alpha value is -1.31. The highest BCUT2D eigenvalue weighted by Gasteiger charge is 2.18. The smallest absolute Gasteiger partial charge is 0.263 e. The van der Waals surface area contributed by atoms with E-state index < -0.39 is 10.0 Å². The SMILES string of the molecule is Cn1cc(S(=O)(=O)Nc2ccccc2Br)cc1CN. The molecule has 7 heteroatoms. The van der Waals surface area contributed by atoms with Crippen LogP contribution in [0.1, 0.15) is 5.69 Å². The maximum absolute atomic E-state index is 12.2. The van der Waals surface area contributed by atoms with E-state index >= 15 is 0 Å². The van der Waals surface area contributed by atoms with Crippen molar-refractivity contribution in [1.82, 2.24) is 4.57 Å².